The molecule has 0 atom stereocenters. The first kappa shape index (κ1) is 46.6. The Morgan fingerprint density at radius 3 is 0.786 bits per heavy atom. The summed E-state index contributed by atoms with van der Waals surface area (Å²) in [6, 6.07) is 0. The number of hydrogen-bond acceptors (Lipinski definition) is 5. The summed E-state index contributed by atoms with van der Waals surface area (Å²) in [5.41, 5.74) is 0. The van der Waals surface area contributed by atoms with Gasteiger partial charge in [-0.3, -0.25) is 0 Å². The predicted molar refractivity (Wildman–Crippen MR) is 56.4 cm³/mol. The van der Waals surface area contributed by atoms with E-state index in [1.165, 1.54) is 0 Å². The van der Waals surface area contributed by atoms with E-state index in [4.69, 9.17) is 25.5 Å². The molecule has 0 amide bonds. The van der Waals surface area contributed by atoms with Crippen LogP contribution in [0.3, 0.4) is 0 Å². The van der Waals surface area contributed by atoms with Crippen molar-refractivity contribution >= 4 is 0 Å². The molecule has 0 aromatic rings. The van der Waals surface area contributed by atoms with Crippen molar-refractivity contribution in [3.8, 4) is 0 Å². The zero-order valence-corrected chi connectivity index (χ0v) is 13.7. The first-order chi connectivity index (χ1) is 5.91. The molecule has 14 heavy (non-hydrogen) atoms. The molecule has 0 spiro atoms. The molecule has 0 aromatic carbocycles. The molecule has 0 aliphatic rings. The number of aliphatic hydroxyl groups excluding tert-OH is 5. The molecular weight excluding hydrogens is 355 g/mol. The quantitative estimate of drug-likeness (QED) is 0.304. The third-order valence-corrected chi connectivity index (χ3v) is 0.224. The minimum absolute atomic E-state index is 0. The minimum Gasteiger partial charge on any atom is -0.400 e. The topological polar surface area (TPSA) is 101 Å². The maximum absolute atomic E-state index is 7.88. The Labute approximate surface area is 107 Å². The fraction of sp³-hybridized carbons (Fsp3) is 0.875. The monoisotopic (exact) mass is 383 g/mol. The summed E-state index contributed by atoms with van der Waals surface area (Å²) in [6.45, 7) is 2.25. The molecule has 0 fully saturated rings. The van der Waals surface area contributed by atoms with Gasteiger partial charge in [-0.05, 0) is 6.42 Å². The molecule has 6 heteroatoms. The van der Waals surface area contributed by atoms with Crippen LogP contribution in [-0.2, 0) is 25.8 Å². The van der Waals surface area contributed by atoms with Crippen LogP contribution in [0, 0.1) is 7.43 Å². The summed E-state index contributed by atoms with van der Waals surface area (Å²) in [6.07, 6.45) is 0.875. The van der Waals surface area contributed by atoms with Gasteiger partial charge in [0.2, 0.25) is 0 Å². The van der Waals surface area contributed by atoms with Crippen LogP contribution in [-0.4, -0.2) is 60.6 Å². The van der Waals surface area contributed by atoms with Gasteiger partial charge in [0.25, 0.3) is 0 Å². The molecule has 0 heterocycles. The van der Waals surface area contributed by atoms with Gasteiger partial charge < -0.3 is 33.0 Å². The van der Waals surface area contributed by atoms with Crippen LogP contribution in [0.1, 0.15) is 13.3 Å². The van der Waals surface area contributed by atoms with Crippen molar-refractivity contribution in [1.82, 2.24) is 0 Å². The maximum atomic E-state index is 7.88. The van der Waals surface area contributed by atoms with Gasteiger partial charge in [-0.1, -0.05) is 6.92 Å². The van der Waals surface area contributed by atoms with Crippen LogP contribution in [0.4, 0.5) is 0 Å². The SMILES string of the molecule is CCCO.CO.CO.CO.CO.[CH3-].[Hf]. The Bertz CT molecular complexity index is 19.7. The summed E-state index contributed by atoms with van der Waals surface area (Å²) in [7, 11) is 4.00. The van der Waals surface area contributed by atoms with Gasteiger partial charge >= 0.3 is 0 Å². The molecular formula is C8H27HfO5-. The van der Waals surface area contributed by atoms with Gasteiger partial charge in [-0.15, -0.1) is 0 Å². The zero-order valence-electron chi connectivity index (χ0n) is 10.2. The molecule has 5 nitrogen and oxygen atoms in total. The molecule has 5 N–H and O–H groups in total. The van der Waals surface area contributed by atoms with Crippen LogP contribution in [0.5, 0.6) is 0 Å². The van der Waals surface area contributed by atoms with Crippen molar-refractivity contribution in [3.05, 3.63) is 7.43 Å². The zero-order chi connectivity index (χ0) is 11.4. The first-order valence-electron chi connectivity index (χ1n) is 3.31. The standard InChI is InChI=1S/C3H8O.4CH4O.CH3.Hf/c1-2-3-4;4*1-2;;/h4H,2-3H2,1H3;4*2H,1H3;1H3;/q;;;;;-1;. The van der Waals surface area contributed by atoms with Crippen molar-refractivity contribution in [2.75, 3.05) is 35.0 Å². The molecule has 0 aromatic heterocycles. The first-order valence-corrected chi connectivity index (χ1v) is 3.31. The van der Waals surface area contributed by atoms with E-state index >= 15 is 0 Å². The molecule has 0 saturated carbocycles. The van der Waals surface area contributed by atoms with Gasteiger partial charge in [-0.2, -0.15) is 0 Å². The Balaban J connectivity index is -0.00000000887. The van der Waals surface area contributed by atoms with Crippen molar-refractivity contribution in [3.63, 3.8) is 0 Å². The van der Waals surface area contributed by atoms with E-state index in [1.807, 2.05) is 6.92 Å². The van der Waals surface area contributed by atoms with Gasteiger partial charge in [0.15, 0.2) is 0 Å². The molecule has 0 saturated heterocycles. The van der Waals surface area contributed by atoms with Crippen molar-refractivity contribution in [1.29, 1.82) is 0 Å². The van der Waals surface area contributed by atoms with E-state index in [0.29, 0.717) is 6.61 Å². The predicted octanol–water partition coefficient (Wildman–Crippen LogP) is -0.730. The summed E-state index contributed by atoms with van der Waals surface area (Å²) in [4.78, 5) is 0. The van der Waals surface area contributed by atoms with Gasteiger partial charge in [0.1, 0.15) is 0 Å². The van der Waals surface area contributed by atoms with Gasteiger partial charge in [-0.25, -0.2) is 0 Å². The van der Waals surface area contributed by atoms with E-state index in [0.717, 1.165) is 34.9 Å². The Kier molecular flexibility index (Phi) is 1020. The molecule has 94 valence electrons. The second kappa shape index (κ2) is 308. The Morgan fingerprint density at radius 2 is 0.786 bits per heavy atom. The van der Waals surface area contributed by atoms with Crippen LogP contribution in [0.2, 0.25) is 0 Å². The molecule has 0 rings (SSSR count). The number of rotatable bonds is 1. The Hall–Kier alpha value is 0.670. The molecule has 0 bridgehead atoms. The fourth-order valence-electron chi connectivity index (χ4n) is 0. The maximum Gasteiger partial charge on any atom is 0.0428 e. The summed E-state index contributed by atoms with van der Waals surface area (Å²) in [5.74, 6) is 0. The van der Waals surface area contributed by atoms with E-state index in [2.05, 4.69) is 0 Å². The second-order valence-electron chi connectivity index (χ2n) is 0.724. The largest absolute Gasteiger partial charge is 0.400 e. The minimum atomic E-state index is 0. The third kappa shape index (κ3) is 619. The van der Waals surface area contributed by atoms with Gasteiger partial charge in [0.05, 0.1) is 0 Å². The summed E-state index contributed by atoms with van der Waals surface area (Å²) < 4.78 is 0. The normalized spacial score (nSPS) is 3.86. The van der Waals surface area contributed by atoms with E-state index in [-0.39, 0.29) is 33.3 Å². The average molecular weight is 382 g/mol. The van der Waals surface area contributed by atoms with E-state index in [9.17, 15) is 0 Å². The smallest absolute Gasteiger partial charge is 0.0428 e. The average Bonchev–Trinajstić information content (AvgIpc) is 2.29. The van der Waals surface area contributed by atoms with Crippen molar-refractivity contribution in [2.45, 2.75) is 13.3 Å². The van der Waals surface area contributed by atoms with Crippen LogP contribution in [0.25, 0.3) is 0 Å². The van der Waals surface area contributed by atoms with Gasteiger partial charge in [0, 0.05) is 60.9 Å². The molecule has 0 radical (unpaired) electrons. The Morgan fingerprint density at radius 1 is 0.714 bits per heavy atom. The molecule has 0 aliphatic heterocycles. The number of aliphatic hydroxyl groups is 5. The number of hydrogen-bond donors (Lipinski definition) is 5. The van der Waals surface area contributed by atoms with Crippen LogP contribution < -0.4 is 0 Å². The summed E-state index contributed by atoms with van der Waals surface area (Å²) >= 11 is 0. The van der Waals surface area contributed by atoms with E-state index in [1.54, 1.807) is 0 Å². The molecule has 0 unspecified atom stereocenters. The van der Waals surface area contributed by atoms with Crippen LogP contribution >= 0.6 is 0 Å². The third-order valence-electron chi connectivity index (χ3n) is 0.224. The molecule has 0 aliphatic carbocycles. The van der Waals surface area contributed by atoms with E-state index < -0.39 is 0 Å². The summed E-state index contributed by atoms with van der Waals surface area (Å²) in [5, 5.41) is 35.9. The van der Waals surface area contributed by atoms with Crippen molar-refractivity contribution < 1.29 is 51.4 Å². The van der Waals surface area contributed by atoms with Crippen molar-refractivity contribution in [2.24, 2.45) is 0 Å². The second-order valence-corrected chi connectivity index (χ2v) is 0.724. The fourth-order valence-corrected chi connectivity index (χ4v) is 0. The van der Waals surface area contributed by atoms with Crippen LogP contribution in [0.15, 0.2) is 0 Å².